The van der Waals surface area contributed by atoms with Gasteiger partial charge in [0.1, 0.15) is 0 Å². The molecule has 0 fully saturated rings. The SMILES string of the molecule is c1cncc(CNCc2cccc3c2OCO3)c1. The van der Waals surface area contributed by atoms with Gasteiger partial charge in [0, 0.05) is 31.0 Å². The van der Waals surface area contributed by atoms with Crippen molar-refractivity contribution >= 4 is 0 Å². The molecule has 1 aromatic carbocycles. The molecule has 1 N–H and O–H groups in total. The average Bonchev–Trinajstić information content (AvgIpc) is 2.89. The standard InChI is InChI=1S/C14H14N2O2/c1-4-12(14-13(5-1)17-10-18-14)9-16-8-11-3-2-6-15-7-11/h1-7,16H,8-10H2. The predicted octanol–water partition coefficient (Wildman–Crippen LogP) is 2.10. The fraction of sp³-hybridized carbons (Fsp3) is 0.214. The zero-order chi connectivity index (χ0) is 12.2. The summed E-state index contributed by atoms with van der Waals surface area (Å²) in [5.74, 6) is 1.69. The van der Waals surface area contributed by atoms with Crippen LogP contribution in [-0.4, -0.2) is 11.8 Å². The van der Waals surface area contributed by atoms with Crippen LogP contribution >= 0.6 is 0 Å². The van der Waals surface area contributed by atoms with Crippen molar-refractivity contribution in [3.05, 3.63) is 53.9 Å². The Labute approximate surface area is 106 Å². The average molecular weight is 242 g/mol. The Bertz CT molecular complexity index is 529. The quantitative estimate of drug-likeness (QED) is 0.891. The van der Waals surface area contributed by atoms with Crippen molar-refractivity contribution in [1.82, 2.24) is 10.3 Å². The third-order valence-corrected chi connectivity index (χ3v) is 2.85. The van der Waals surface area contributed by atoms with Gasteiger partial charge >= 0.3 is 0 Å². The largest absolute Gasteiger partial charge is 0.454 e. The van der Waals surface area contributed by atoms with Crippen LogP contribution in [0, 0.1) is 0 Å². The summed E-state index contributed by atoms with van der Waals surface area (Å²) in [6, 6.07) is 9.94. The fourth-order valence-corrected chi connectivity index (χ4v) is 1.97. The maximum absolute atomic E-state index is 5.46. The van der Waals surface area contributed by atoms with E-state index in [-0.39, 0.29) is 0 Å². The van der Waals surface area contributed by atoms with Gasteiger partial charge in [-0.05, 0) is 17.7 Å². The summed E-state index contributed by atoms with van der Waals surface area (Å²) in [6.07, 6.45) is 3.64. The Hall–Kier alpha value is -2.07. The molecule has 1 aliphatic heterocycles. The number of hydrogen-bond acceptors (Lipinski definition) is 4. The first kappa shape index (κ1) is 11.0. The van der Waals surface area contributed by atoms with E-state index in [4.69, 9.17) is 9.47 Å². The van der Waals surface area contributed by atoms with E-state index >= 15 is 0 Å². The van der Waals surface area contributed by atoms with Crippen molar-refractivity contribution in [3.8, 4) is 11.5 Å². The first-order valence-corrected chi connectivity index (χ1v) is 5.90. The molecular weight excluding hydrogens is 228 g/mol. The topological polar surface area (TPSA) is 43.4 Å². The lowest BCUT2D eigenvalue weighted by Crippen LogP contribution is -2.13. The van der Waals surface area contributed by atoms with E-state index in [1.54, 1.807) is 6.20 Å². The number of benzene rings is 1. The van der Waals surface area contributed by atoms with E-state index in [0.717, 1.165) is 30.2 Å². The van der Waals surface area contributed by atoms with Gasteiger partial charge in [0.05, 0.1) is 0 Å². The van der Waals surface area contributed by atoms with Crippen LogP contribution in [0.4, 0.5) is 0 Å². The highest BCUT2D eigenvalue weighted by atomic mass is 16.7. The first-order chi connectivity index (χ1) is 8.93. The number of nitrogens with zero attached hydrogens (tertiary/aromatic N) is 1. The van der Waals surface area contributed by atoms with E-state index in [1.165, 1.54) is 5.56 Å². The molecule has 0 unspecified atom stereocenters. The van der Waals surface area contributed by atoms with Gasteiger partial charge in [0.2, 0.25) is 6.79 Å². The van der Waals surface area contributed by atoms with Gasteiger partial charge in [-0.3, -0.25) is 4.98 Å². The van der Waals surface area contributed by atoms with Crippen LogP contribution < -0.4 is 14.8 Å². The molecule has 0 saturated carbocycles. The molecule has 0 aliphatic carbocycles. The van der Waals surface area contributed by atoms with E-state index in [9.17, 15) is 0 Å². The van der Waals surface area contributed by atoms with Gasteiger partial charge in [-0.15, -0.1) is 0 Å². The number of nitrogens with one attached hydrogen (secondary N) is 1. The Balaban J connectivity index is 1.63. The molecular formula is C14H14N2O2. The van der Waals surface area contributed by atoms with Crippen molar-refractivity contribution in [1.29, 1.82) is 0 Å². The summed E-state index contributed by atoms with van der Waals surface area (Å²) in [6.45, 7) is 1.86. The van der Waals surface area contributed by atoms with Crippen LogP contribution in [0.1, 0.15) is 11.1 Å². The molecule has 0 atom stereocenters. The minimum atomic E-state index is 0.314. The van der Waals surface area contributed by atoms with Gasteiger partial charge in [0.25, 0.3) is 0 Å². The molecule has 0 spiro atoms. The van der Waals surface area contributed by atoms with E-state index in [0.29, 0.717) is 6.79 Å². The molecule has 1 aliphatic rings. The Morgan fingerprint density at radius 2 is 2.11 bits per heavy atom. The molecule has 0 radical (unpaired) electrons. The highest BCUT2D eigenvalue weighted by molar-refractivity contribution is 5.48. The van der Waals surface area contributed by atoms with Crippen LogP contribution in [0.5, 0.6) is 11.5 Å². The van der Waals surface area contributed by atoms with Crippen molar-refractivity contribution < 1.29 is 9.47 Å². The monoisotopic (exact) mass is 242 g/mol. The van der Waals surface area contributed by atoms with Gasteiger partial charge in [-0.25, -0.2) is 0 Å². The second-order valence-electron chi connectivity index (χ2n) is 4.12. The Morgan fingerprint density at radius 3 is 3.00 bits per heavy atom. The summed E-state index contributed by atoms with van der Waals surface area (Å²) in [5.41, 5.74) is 2.29. The molecule has 0 bridgehead atoms. The number of fused-ring (bicyclic) bond motifs is 1. The highest BCUT2D eigenvalue weighted by Gasteiger charge is 2.16. The molecule has 92 valence electrons. The van der Waals surface area contributed by atoms with Crippen molar-refractivity contribution in [2.24, 2.45) is 0 Å². The Morgan fingerprint density at radius 1 is 1.11 bits per heavy atom. The summed E-state index contributed by atoms with van der Waals surface area (Å²) >= 11 is 0. The van der Waals surface area contributed by atoms with Gasteiger partial charge in [0.15, 0.2) is 11.5 Å². The number of pyridine rings is 1. The summed E-state index contributed by atoms with van der Waals surface area (Å²) in [5, 5.41) is 3.37. The molecule has 0 saturated heterocycles. The van der Waals surface area contributed by atoms with Gasteiger partial charge in [-0.2, -0.15) is 0 Å². The molecule has 0 amide bonds. The first-order valence-electron chi connectivity index (χ1n) is 5.90. The molecule has 4 heteroatoms. The van der Waals surface area contributed by atoms with Crippen molar-refractivity contribution in [3.63, 3.8) is 0 Å². The maximum Gasteiger partial charge on any atom is 0.231 e. The molecule has 4 nitrogen and oxygen atoms in total. The highest BCUT2D eigenvalue weighted by Crippen LogP contribution is 2.35. The zero-order valence-electron chi connectivity index (χ0n) is 9.93. The van der Waals surface area contributed by atoms with Crippen molar-refractivity contribution in [2.45, 2.75) is 13.1 Å². The van der Waals surface area contributed by atoms with Crippen LogP contribution in [0.2, 0.25) is 0 Å². The molecule has 18 heavy (non-hydrogen) atoms. The van der Waals surface area contributed by atoms with Gasteiger partial charge < -0.3 is 14.8 Å². The van der Waals surface area contributed by atoms with Gasteiger partial charge in [-0.1, -0.05) is 18.2 Å². The minimum Gasteiger partial charge on any atom is -0.454 e. The third kappa shape index (κ3) is 2.28. The van der Waals surface area contributed by atoms with Crippen LogP contribution in [0.3, 0.4) is 0 Å². The van der Waals surface area contributed by atoms with Crippen LogP contribution in [-0.2, 0) is 13.1 Å². The maximum atomic E-state index is 5.46. The zero-order valence-corrected chi connectivity index (χ0v) is 9.93. The van der Waals surface area contributed by atoms with E-state index in [2.05, 4.69) is 16.4 Å². The number of aromatic nitrogens is 1. The number of para-hydroxylation sites is 1. The van der Waals surface area contributed by atoms with Crippen LogP contribution in [0.15, 0.2) is 42.7 Å². The molecule has 1 aromatic heterocycles. The van der Waals surface area contributed by atoms with E-state index in [1.807, 2.05) is 30.5 Å². The lowest BCUT2D eigenvalue weighted by molar-refractivity contribution is 0.173. The smallest absolute Gasteiger partial charge is 0.231 e. The second-order valence-corrected chi connectivity index (χ2v) is 4.12. The predicted molar refractivity (Wildman–Crippen MR) is 67.3 cm³/mol. The number of ether oxygens (including phenoxy) is 2. The van der Waals surface area contributed by atoms with Crippen molar-refractivity contribution in [2.75, 3.05) is 6.79 Å². The second kappa shape index (κ2) is 5.06. The number of hydrogen-bond donors (Lipinski definition) is 1. The molecule has 2 aromatic rings. The fourth-order valence-electron chi connectivity index (χ4n) is 1.97. The molecule has 3 rings (SSSR count). The lowest BCUT2D eigenvalue weighted by Gasteiger charge is -2.07. The van der Waals surface area contributed by atoms with E-state index < -0.39 is 0 Å². The minimum absolute atomic E-state index is 0.314. The normalized spacial score (nSPS) is 12.7. The summed E-state index contributed by atoms with van der Waals surface area (Å²) in [4.78, 5) is 4.08. The summed E-state index contributed by atoms with van der Waals surface area (Å²) in [7, 11) is 0. The number of rotatable bonds is 4. The lowest BCUT2D eigenvalue weighted by atomic mass is 10.2. The Kier molecular flexibility index (Phi) is 3.10. The summed E-state index contributed by atoms with van der Waals surface area (Å²) < 4.78 is 10.8. The molecule has 2 heterocycles. The third-order valence-electron chi connectivity index (χ3n) is 2.85. The van der Waals surface area contributed by atoms with Crippen LogP contribution in [0.25, 0.3) is 0 Å².